The van der Waals surface area contributed by atoms with Crippen molar-refractivity contribution in [1.29, 1.82) is 0 Å². The maximum Gasteiger partial charge on any atom is 0.312 e. The number of benzene rings is 2. The normalized spacial score (nSPS) is 17.2. The van der Waals surface area contributed by atoms with Crippen LogP contribution in [0.2, 0.25) is 0 Å². The van der Waals surface area contributed by atoms with E-state index in [1.165, 1.54) is 17.9 Å². The van der Waals surface area contributed by atoms with Crippen molar-refractivity contribution in [3.63, 3.8) is 0 Å². The summed E-state index contributed by atoms with van der Waals surface area (Å²) in [5.41, 5.74) is 1.79. The summed E-state index contributed by atoms with van der Waals surface area (Å²) in [6.45, 7) is 3.46. The molecule has 8 heteroatoms. The van der Waals surface area contributed by atoms with E-state index in [2.05, 4.69) is 5.32 Å². The number of esters is 1. The molecule has 1 fully saturated rings. The van der Waals surface area contributed by atoms with Crippen LogP contribution in [-0.4, -0.2) is 30.4 Å². The molecule has 0 unspecified atom stereocenters. The SMILES string of the molecule is Cc1ccc(N2C[C@@H](C(=O)O[C@H](C)C(=O)Nc3ccc(F)c(F)c3)CC2=O)cc1. The smallest absolute Gasteiger partial charge is 0.312 e. The second-order valence-corrected chi connectivity index (χ2v) is 6.94. The summed E-state index contributed by atoms with van der Waals surface area (Å²) < 4.78 is 31.4. The quantitative estimate of drug-likeness (QED) is 0.780. The van der Waals surface area contributed by atoms with Gasteiger partial charge >= 0.3 is 5.97 Å². The minimum Gasteiger partial charge on any atom is -0.452 e. The molecule has 1 saturated heterocycles. The molecule has 2 aromatic rings. The average Bonchev–Trinajstić information content (AvgIpc) is 3.07. The van der Waals surface area contributed by atoms with Crippen LogP contribution in [0.3, 0.4) is 0 Å². The molecule has 0 bridgehead atoms. The molecular weight excluding hydrogens is 382 g/mol. The highest BCUT2D eigenvalue weighted by Crippen LogP contribution is 2.26. The molecule has 0 spiro atoms. The summed E-state index contributed by atoms with van der Waals surface area (Å²) in [5.74, 6) is -4.39. The molecule has 29 heavy (non-hydrogen) atoms. The number of carbonyl (C=O) groups is 3. The number of rotatable bonds is 5. The predicted octanol–water partition coefficient (Wildman–Crippen LogP) is 3.20. The van der Waals surface area contributed by atoms with Crippen molar-refractivity contribution in [1.82, 2.24) is 0 Å². The first kappa shape index (κ1) is 20.4. The van der Waals surface area contributed by atoms with Crippen LogP contribution in [0.4, 0.5) is 20.2 Å². The number of anilines is 2. The number of nitrogens with zero attached hydrogens (tertiary/aromatic N) is 1. The van der Waals surface area contributed by atoms with Gasteiger partial charge in [0.1, 0.15) is 0 Å². The first-order valence-electron chi connectivity index (χ1n) is 9.08. The van der Waals surface area contributed by atoms with E-state index in [0.29, 0.717) is 5.69 Å². The van der Waals surface area contributed by atoms with E-state index in [1.54, 1.807) is 12.1 Å². The van der Waals surface area contributed by atoms with Gasteiger partial charge in [-0.25, -0.2) is 8.78 Å². The maximum atomic E-state index is 13.2. The molecule has 1 N–H and O–H groups in total. The minimum atomic E-state index is -1.17. The largest absolute Gasteiger partial charge is 0.452 e. The van der Waals surface area contributed by atoms with E-state index in [1.807, 2.05) is 19.1 Å². The Balaban J connectivity index is 1.57. The zero-order chi connectivity index (χ0) is 21.1. The third kappa shape index (κ3) is 4.77. The molecule has 3 rings (SSSR count). The lowest BCUT2D eigenvalue weighted by Crippen LogP contribution is -2.33. The molecule has 2 amide bonds. The molecule has 1 heterocycles. The summed E-state index contributed by atoms with van der Waals surface area (Å²) in [6, 6.07) is 10.3. The lowest BCUT2D eigenvalue weighted by Gasteiger charge is -2.18. The topological polar surface area (TPSA) is 75.7 Å². The van der Waals surface area contributed by atoms with Crippen LogP contribution < -0.4 is 10.2 Å². The summed E-state index contributed by atoms with van der Waals surface area (Å²) in [5, 5.41) is 2.35. The zero-order valence-electron chi connectivity index (χ0n) is 15.9. The number of aryl methyl sites for hydroxylation is 1. The molecule has 152 valence electrons. The van der Waals surface area contributed by atoms with Gasteiger partial charge in [-0.2, -0.15) is 0 Å². The summed E-state index contributed by atoms with van der Waals surface area (Å²) in [6.07, 6.45) is -1.18. The number of halogens is 2. The van der Waals surface area contributed by atoms with Gasteiger partial charge in [0, 0.05) is 30.4 Å². The first-order chi connectivity index (χ1) is 13.7. The highest BCUT2D eigenvalue weighted by Gasteiger charge is 2.37. The molecule has 2 aromatic carbocycles. The summed E-state index contributed by atoms with van der Waals surface area (Å²) in [7, 11) is 0. The van der Waals surface area contributed by atoms with Crippen molar-refractivity contribution < 1.29 is 27.9 Å². The molecule has 1 aliphatic heterocycles. The van der Waals surface area contributed by atoms with Gasteiger partial charge in [0.05, 0.1) is 5.92 Å². The van der Waals surface area contributed by atoms with E-state index in [4.69, 9.17) is 4.74 Å². The number of nitrogens with one attached hydrogen (secondary N) is 1. The van der Waals surface area contributed by atoms with Gasteiger partial charge < -0.3 is 15.0 Å². The zero-order valence-corrected chi connectivity index (χ0v) is 15.9. The standard InChI is InChI=1S/C21H20F2N2O4/c1-12-3-6-16(7-4-12)25-11-14(9-19(25)26)21(28)29-13(2)20(27)24-15-5-8-17(22)18(23)10-15/h3-8,10,13-14H,9,11H2,1-2H3,(H,24,27)/t13-,14+/m1/s1. The molecular formula is C21H20F2N2O4. The maximum absolute atomic E-state index is 13.2. The van der Waals surface area contributed by atoms with Crippen LogP contribution in [-0.2, 0) is 19.1 Å². The van der Waals surface area contributed by atoms with Crippen LogP contribution in [0, 0.1) is 24.5 Å². The Morgan fingerprint density at radius 1 is 1.14 bits per heavy atom. The van der Waals surface area contributed by atoms with Crippen LogP contribution in [0.1, 0.15) is 18.9 Å². The van der Waals surface area contributed by atoms with E-state index in [-0.39, 0.29) is 24.6 Å². The summed E-state index contributed by atoms with van der Waals surface area (Å²) in [4.78, 5) is 38.3. The number of ether oxygens (including phenoxy) is 1. The molecule has 0 saturated carbocycles. The number of hydrogen-bond acceptors (Lipinski definition) is 4. The Morgan fingerprint density at radius 2 is 1.83 bits per heavy atom. The Morgan fingerprint density at radius 3 is 2.48 bits per heavy atom. The van der Waals surface area contributed by atoms with Crippen LogP contribution in [0.15, 0.2) is 42.5 Å². The minimum absolute atomic E-state index is 0.00970. The second-order valence-electron chi connectivity index (χ2n) is 6.94. The van der Waals surface area contributed by atoms with Crippen LogP contribution >= 0.6 is 0 Å². The van der Waals surface area contributed by atoms with Crippen molar-refractivity contribution in [2.24, 2.45) is 5.92 Å². The molecule has 6 nitrogen and oxygen atoms in total. The molecule has 2 atom stereocenters. The van der Waals surface area contributed by atoms with Crippen molar-refractivity contribution in [3.05, 3.63) is 59.7 Å². The van der Waals surface area contributed by atoms with Crippen molar-refractivity contribution in [3.8, 4) is 0 Å². The van der Waals surface area contributed by atoms with Crippen molar-refractivity contribution >= 4 is 29.2 Å². The van der Waals surface area contributed by atoms with Gasteiger partial charge in [-0.1, -0.05) is 17.7 Å². The van der Waals surface area contributed by atoms with E-state index in [9.17, 15) is 23.2 Å². The number of carbonyl (C=O) groups excluding carboxylic acids is 3. The number of amides is 2. The van der Waals surface area contributed by atoms with Gasteiger partial charge in [0.25, 0.3) is 5.91 Å². The van der Waals surface area contributed by atoms with Gasteiger partial charge in [0.15, 0.2) is 17.7 Å². The third-order valence-electron chi connectivity index (χ3n) is 4.65. The highest BCUT2D eigenvalue weighted by atomic mass is 19.2. The first-order valence-corrected chi connectivity index (χ1v) is 9.08. The van der Waals surface area contributed by atoms with E-state index < -0.39 is 35.5 Å². The fraction of sp³-hybridized carbons (Fsp3) is 0.286. The lowest BCUT2D eigenvalue weighted by atomic mass is 10.1. The molecule has 1 aliphatic rings. The van der Waals surface area contributed by atoms with Crippen LogP contribution in [0.5, 0.6) is 0 Å². The van der Waals surface area contributed by atoms with Crippen molar-refractivity contribution in [2.45, 2.75) is 26.4 Å². The van der Waals surface area contributed by atoms with Gasteiger partial charge in [-0.15, -0.1) is 0 Å². The second kappa shape index (κ2) is 8.38. The van der Waals surface area contributed by atoms with Gasteiger partial charge in [-0.05, 0) is 38.1 Å². The molecule has 0 radical (unpaired) electrons. The van der Waals surface area contributed by atoms with Crippen molar-refractivity contribution in [2.75, 3.05) is 16.8 Å². The Labute approximate surface area is 166 Å². The molecule has 0 aliphatic carbocycles. The average molecular weight is 402 g/mol. The van der Waals surface area contributed by atoms with Crippen LogP contribution in [0.25, 0.3) is 0 Å². The van der Waals surface area contributed by atoms with E-state index >= 15 is 0 Å². The molecule has 0 aromatic heterocycles. The van der Waals surface area contributed by atoms with Gasteiger partial charge in [0.2, 0.25) is 5.91 Å². The van der Waals surface area contributed by atoms with E-state index in [0.717, 1.165) is 17.7 Å². The fourth-order valence-electron chi connectivity index (χ4n) is 2.98. The third-order valence-corrected chi connectivity index (χ3v) is 4.65. The Hall–Kier alpha value is -3.29. The highest BCUT2D eigenvalue weighted by molar-refractivity contribution is 6.00. The Kier molecular flexibility index (Phi) is 5.91. The fourth-order valence-corrected chi connectivity index (χ4v) is 2.98. The summed E-state index contributed by atoms with van der Waals surface area (Å²) >= 11 is 0. The predicted molar refractivity (Wildman–Crippen MR) is 102 cm³/mol. The number of hydrogen-bond donors (Lipinski definition) is 1. The monoisotopic (exact) mass is 402 g/mol. The lowest BCUT2D eigenvalue weighted by molar-refractivity contribution is -0.157. The van der Waals surface area contributed by atoms with Gasteiger partial charge in [-0.3, -0.25) is 14.4 Å². The Bertz CT molecular complexity index is 946.